The molecule has 4 nitrogen and oxygen atoms in total. The number of aromatic nitrogens is 2. The van der Waals surface area contributed by atoms with E-state index in [0.29, 0.717) is 5.02 Å². The summed E-state index contributed by atoms with van der Waals surface area (Å²) in [7, 11) is 1.94. The Morgan fingerprint density at radius 3 is 2.89 bits per heavy atom. The summed E-state index contributed by atoms with van der Waals surface area (Å²) in [6.07, 6.45) is 3.53. The summed E-state index contributed by atoms with van der Waals surface area (Å²) in [6.45, 7) is 0. The SMILES string of the molecule is Cn1nccc1CCC(NN)c1cccc(Br)c1Cl. The molecule has 1 heterocycles. The molecule has 0 aliphatic heterocycles. The van der Waals surface area contributed by atoms with Gasteiger partial charge in [0.2, 0.25) is 0 Å². The van der Waals surface area contributed by atoms with E-state index in [4.69, 9.17) is 17.4 Å². The maximum atomic E-state index is 6.30. The van der Waals surface area contributed by atoms with Gasteiger partial charge in [0.1, 0.15) is 0 Å². The minimum absolute atomic E-state index is 0.0138. The number of hydrazine groups is 1. The van der Waals surface area contributed by atoms with Crippen molar-refractivity contribution in [2.24, 2.45) is 12.9 Å². The Bertz CT molecular complexity index is 555. The average molecular weight is 344 g/mol. The number of halogens is 2. The molecule has 0 fully saturated rings. The van der Waals surface area contributed by atoms with Crippen LogP contribution in [0.4, 0.5) is 0 Å². The number of nitrogens with one attached hydrogen (secondary N) is 1. The maximum absolute atomic E-state index is 6.30. The van der Waals surface area contributed by atoms with Crippen LogP contribution in [0.15, 0.2) is 34.9 Å². The molecule has 19 heavy (non-hydrogen) atoms. The second-order valence-electron chi connectivity index (χ2n) is 4.35. The van der Waals surface area contributed by atoms with E-state index in [1.54, 1.807) is 6.20 Å². The lowest BCUT2D eigenvalue weighted by Gasteiger charge is -2.18. The van der Waals surface area contributed by atoms with Gasteiger partial charge in [-0.3, -0.25) is 16.0 Å². The van der Waals surface area contributed by atoms with Crippen molar-refractivity contribution in [1.29, 1.82) is 0 Å². The molecule has 0 amide bonds. The monoisotopic (exact) mass is 342 g/mol. The van der Waals surface area contributed by atoms with Gasteiger partial charge in [0.05, 0.1) is 5.02 Å². The zero-order chi connectivity index (χ0) is 13.8. The highest BCUT2D eigenvalue weighted by Gasteiger charge is 2.15. The first-order chi connectivity index (χ1) is 9.13. The van der Waals surface area contributed by atoms with Crippen molar-refractivity contribution in [2.75, 3.05) is 0 Å². The van der Waals surface area contributed by atoms with Crippen molar-refractivity contribution in [1.82, 2.24) is 15.2 Å². The maximum Gasteiger partial charge on any atom is 0.0596 e. The van der Waals surface area contributed by atoms with E-state index in [1.165, 1.54) is 5.69 Å². The predicted molar refractivity (Wildman–Crippen MR) is 80.7 cm³/mol. The van der Waals surface area contributed by atoms with Crippen molar-refractivity contribution in [3.63, 3.8) is 0 Å². The zero-order valence-corrected chi connectivity index (χ0v) is 12.9. The molecule has 102 valence electrons. The van der Waals surface area contributed by atoms with Crippen molar-refractivity contribution >= 4 is 27.5 Å². The fraction of sp³-hybridized carbons (Fsp3) is 0.308. The van der Waals surface area contributed by atoms with Crippen LogP contribution in [0.1, 0.15) is 23.7 Å². The number of hydrogen-bond acceptors (Lipinski definition) is 3. The third-order valence-corrected chi connectivity index (χ3v) is 4.48. The molecule has 0 spiro atoms. The molecule has 1 atom stereocenters. The highest BCUT2D eigenvalue weighted by molar-refractivity contribution is 9.10. The first-order valence-electron chi connectivity index (χ1n) is 6.00. The van der Waals surface area contributed by atoms with Gasteiger partial charge in [0, 0.05) is 29.5 Å². The first kappa shape index (κ1) is 14.5. The Labute approximate surface area is 126 Å². The van der Waals surface area contributed by atoms with Gasteiger partial charge in [-0.1, -0.05) is 23.7 Å². The summed E-state index contributed by atoms with van der Waals surface area (Å²) in [6, 6.07) is 7.89. The van der Waals surface area contributed by atoms with E-state index in [2.05, 4.69) is 26.5 Å². The average Bonchev–Trinajstić information content (AvgIpc) is 2.80. The van der Waals surface area contributed by atoms with Gasteiger partial charge in [-0.15, -0.1) is 0 Å². The third-order valence-electron chi connectivity index (χ3n) is 3.17. The third kappa shape index (κ3) is 3.36. The molecule has 0 saturated carbocycles. The summed E-state index contributed by atoms with van der Waals surface area (Å²) in [4.78, 5) is 0. The Hall–Kier alpha value is -0.880. The van der Waals surface area contributed by atoms with E-state index < -0.39 is 0 Å². The predicted octanol–water partition coefficient (Wildman–Crippen LogP) is 2.97. The van der Waals surface area contributed by atoms with Gasteiger partial charge in [-0.05, 0) is 46.5 Å². The zero-order valence-electron chi connectivity index (χ0n) is 10.6. The lowest BCUT2D eigenvalue weighted by molar-refractivity contribution is 0.507. The van der Waals surface area contributed by atoms with Gasteiger partial charge in [-0.25, -0.2) is 0 Å². The second kappa shape index (κ2) is 6.52. The van der Waals surface area contributed by atoms with Crippen LogP contribution in [-0.4, -0.2) is 9.78 Å². The van der Waals surface area contributed by atoms with E-state index >= 15 is 0 Å². The number of hydrogen-bond donors (Lipinski definition) is 2. The van der Waals surface area contributed by atoms with Crippen LogP contribution in [0.5, 0.6) is 0 Å². The largest absolute Gasteiger partial charge is 0.273 e. The van der Waals surface area contributed by atoms with Crippen LogP contribution in [0.25, 0.3) is 0 Å². The summed E-state index contributed by atoms with van der Waals surface area (Å²) in [5, 5.41) is 4.86. The van der Waals surface area contributed by atoms with Crippen molar-refractivity contribution in [3.8, 4) is 0 Å². The van der Waals surface area contributed by atoms with Crippen LogP contribution >= 0.6 is 27.5 Å². The Kier molecular flexibility index (Phi) is 4.99. The van der Waals surface area contributed by atoms with Crippen LogP contribution in [0.2, 0.25) is 5.02 Å². The lowest BCUT2D eigenvalue weighted by Crippen LogP contribution is -2.28. The van der Waals surface area contributed by atoms with Crippen molar-refractivity contribution < 1.29 is 0 Å². The van der Waals surface area contributed by atoms with Gasteiger partial charge in [0.15, 0.2) is 0 Å². The van der Waals surface area contributed by atoms with Crippen molar-refractivity contribution in [2.45, 2.75) is 18.9 Å². The van der Waals surface area contributed by atoms with E-state index in [0.717, 1.165) is 22.9 Å². The number of benzene rings is 1. The van der Waals surface area contributed by atoms with Gasteiger partial charge in [-0.2, -0.15) is 5.10 Å². The Morgan fingerprint density at radius 1 is 1.47 bits per heavy atom. The smallest absolute Gasteiger partial charge is 0.0596 e. The van der Waals surface area contributed by atoms with Gasteiger partial charge >= 0.3 is 0 Å². The molecule has 6 heteroatoms. The fourth-order valence-corrected chi connectivity index (χ4v) is 2.70. The van der Waals surface area contributed by atoms with Crippen LogP contribution in [0.3, 0.4) is 0 Å². The molecule has 0 aliphatic carbocycles. The normalized spacial score (nSPS) is 12.6. The number of nitrogens with zero attached hydrogens (tertiary/aromatic N) is 2. The number of aryl methyl sites for hydroxylation is 2. The molecule has 0 saturated heterocycles. The molecule has 1 aromatic carbocycles. The van der Waals surface area contributed by atoms with E-state index in [-0.39, 0.29) is 6.04 Å². The minimum Gasteiger partial charge on any atom is -0.273 e. The molecule has 3 N–H and O–H groups in total. The molecule has 0 bridgehead atoms. The molecule has 2 rings (SSSR count). The molecular formula is C13H16BrClN4. The summed E-state index contributed by atoms with van der Waals surface area (Å²) >= 11 is 9.73. The second-order valence-corrected chi connectivity index (χ2v) is 5.58. The number of nitrogens with two attached hydrogens (primary N) is 1. The quantitative estimate of drug-likeness (QED) is 0.648. The topological polar surface area (TPSA) is 55.9 Å². The van der Waals surface area contributed by atoms with Crippen molar-refractivity contribution in [3.05, 3.63) is 51.2 Å². The molecule has 0 aliphatic rings. The first-order valence-corrected chi connectivity index (χ1v) is 7.17. The minimum atomic E-state index is 0.0138. The van der Waals surface area contributed by atoms with Gasteiger partial charge < -0.3 is 0 Å². The van der Waals surface area contributed by atoms with Gasteiger partial charge in [0.25, 0.3) is 0 Å². The standard InChI is InChI=1S/C13H16BrClN4/c1-19-9(7-8-17-19)5-6-12(18-16)10-3-2-4-11(14)13(10)15/h2-4,7-8,12,18H,5-6,16H2,1H3. The molecule has 1 aromatic heterocycles. The molecular weight excluding hydrogens is 328 g/mol. The summed E-state index contributed by atoms with van der Waals surface area (Å²) in [5.41, 5.74) is 5.01. The summed E-state index contributed by atoms with van der Waals surface area (Å²) in [5.74, 6) is 5.65. The van der Waals surface area contributed by atoms with Crippen LogP contribution in [0, 0.1) is 0 Å². The van der Waals surface area contributed by atoms with E-state index in [1.807, 2.05) is 36.0 Å². The highest BCUT2D eigenvalue weighted by atomic mass is 79.9. The molecule has 0 radical (unpaired) electrons. The number of rotatable bonds is 5. The Morgan fingerprint density at radius 2 is 2.26 bits per heavy atom. The molecule has 2 aromatic rings. The highest BCUT2D eigenvalue weighted by Crippen LogP contribution is 2.31. The Balaban J connectivity index is 2.12. The fourth-order valence-electron chi connectivity index (χ4n) is 2.06. The summed E-state index contributed by atoms with van der Waals surface area (Å²) < 4.78 is 2.75. The van der Waals surface area contributed by atoms with Crippen LogP contribution in [-0.2, 0) is 13.5 Å². The lowest BCUT2D eigenvalue weighted by atomic mass is 10.0. The van der Waals surface area contributed by atoms with E-state index in [9.17, 15) is 0 Å². The molecule has 1 unspecified atom stereocenters. The van der Waals surface area contributed by atoms with Crippen LogP contribution < -0.4 is 11.3 Å².